The Morgan fingerprint density at radius 2 is 1.83 bits per heavy atom. The third kappa shape index (κ3) is 2.17. The molecule has 0 fully saturated rings. The molecule has 3 aromatic rings. The SMILES string of the molecule is Cc1cc(C)c2c(=O)c3cc4c(nc3oc2c1)CC(C)(C)CC4=O. The van der Waals surface area contributed by atoms with Crippen LogP contribution in [0.25, 0.3) is 22.1 Å². The molecule has 0 saturated heterocycles. The van der Waals surface area contributed by atoms with Crippen molar-refractivity contribution in [1.29, 1.82) is 0 Å². The van der Waals surface area contributed by atoms with Gasteiger partial charge < -0.3 is 4.42 Å². The average Bonchev–Trinajstić information content (AvgIpc) is 2.43. The number of hydrogen-bond acceptors (Lipinski definition) is 4. The lowest BCUT2D eigenvalue weighted by Gasteiger charge is -2.29. The number of carbonyl (C=O) groups excluding carboxylic acids is 1. The Bertz CT molecular complexity index is 1090. The van der Waals surface area contributed by atoms with E-state index in [0.717, 1.165) is 16.8 Å². The summed E-state index contributed by atoms with van der Waals surface area (Å²) in [6.07, 6.45) is 1.18. The van der Waals surface area contributed by atoms with Crippen LogP contribution in [0.1, 0.15) is 47.4 Å². The first-order chi connectivity index (χ1) is 11.2. The molecule has 122 valence electrons. The summed E-state index contributed by atoms with van der Waals surface area (Å²) in [6, 6.07) is 5.50. The van der Waals surface area contributed by atoms with Crippen molar-refractivity contribution in [2.24, 2.45) is 5.41 Å². The molecule has 24 heavy (non-hydrogen) atoms. The number of pyridine rings is 1. The summed E-state index contributed by atoms with van der Waals surface area (Å²) >= 11 is 0. The van der Waals surface area contributed by atoms with E-state index in [9.17, 15) is 9.59 Å². The molecule has 0 unspecified atom stereocenters. The summed E-state index contributed by atoms with van der Waals surface area (Å²) in [7, 11) is 0. The molecule has 1 aliphatic carbocycles. The highest BCUT2D eigenvalue weighted by molar-refractivity contribution is 6.02. The Kier molecular flexibility index (Phi) is 2.99. The van der Waals surface area contributed by atoms with Crippen molar-refractivity contribution < 1.29 is 9.21 Å². The van der Waals surface area contributed by atoms with E-state index < -0.39 is 0 Å². The first-order valence-electron chi connectivity index (χ1n) is 8.16. The highest BCUT2D eigenvalue weighted by atomic mass is 16.3. The summed E-state index contributed by atoms with van der Waals surface area (Å²) in [4.78, 5) is 29.9. The van der Waals surface area contributed by atoms with E-state index in [2.05, 4.69) is 18.8 Å². The Morgan fingerprint density at radius 3 is 2.58 bits per heavy atom. The number of ketones is 1. The zero-order valence-corrected chi connectivity index (χ0v) is 14.3. The Morgan fingerprint density at radius 1 is 1.08 bits per heavy atom. The molecule has 0 amide bonds. The van der Waals surface area contributed by atoms with E-state index in [1.54, 1.807) is 6.07 Å². The molecule has 4 nitrogen and oxygen atoms in total. The molecule has 4 rings (SSSR count). The molecule has 2 aromatic heterocycles. The Balaban J connectivity index is 2.11. The van der Waals surface area contributed by atoms with E-state index >= 15 is 0 Å². The van der Waals surface area contributed by atoms with Crippen LogP contribution in [0.4, 0.5) is 0 Å². The van der Waals surface area contributed by atoms with Gasteiger partial charge >= 0.3 is 0 Å². The van der Waals surface area contributed by atoms with E-state index in [1.165, 1.54) is 0 Å². The second-order valence-corrected chi connectivity index (χ2v) is 7.66. The van der Waals surface area contributed by atoms with E-state index in [-0.39, 0.29) is 16.6 Å². The molecule has 1 aromatic carbocycles. The zero-order valence-electron chi connectivity index (χ0n) is 14.3. The van der Waals surface area contributed by atoms with Crippen LogP contribution in [0.15, 0.2) is 27.4 Å². The number of benzene rings is 1. The fourth-order valence-electron chi connectivity index (χ4n) is 3.73. The van der Waals surface area contributed by atoms with E-state index in [1.807, 2.05) is 26.0 Å². The molecule has 0 saturated carbocycles. The van der Waals surface area contributed by atoms with Crippen LogP contribution in [0.5, 0.6) is 0 Å². The number of fused-ring (bicyclic) bond motifs is 3. The van der Waals surface area contributed by atoms with Crippen LogP contribution in [-0.4, -0.2) is 10.8 Å². The fourth-order valence-corrected chi connectivity index (χ4v) is 3.73. The van der Waals surface area contributed by atoms with Gasteiger partial charge in [0.15, 0.2) is 5.78 Å². The van der Waals surface area contributed by atoms with Crippen molar-refractivity contribution in [3.63, 3.8) is 0 Å². The van der Waals surface area contributed by atoms with Crippen molar-refractivity contribution in [1.82, 2.24) is 4.98 Å². The van der Waals surface area contributed by atoms with Gasteiger partial charge in [0.05, 0.1) is 16.5 Å². The zero-order chi connectivity index (χ0) is 17.2. The minimum absolute atomic E-state index is 0.0516. The minimum Gasteiger partial charge on any atom is -0.437 e. The summed E-state index contributed by atoms with van der Waals surface area (Å²) in [5.74, 6) is 0.0516. The van der Waals surface area contributed by atoms with Gasteiger partial charge in [0.25, 0.3) is 0 Å². The van der Waals surface area contributed by atoms with Gasteiger partial charge in [-0.05, 0) is 48.9 Å². The van der Waals surface area contributed by atoms with Crippen LogP contribution in [0.2, 0.25) is 0 Å². The van der Waals surface area contributed by atoms with Gasteiger partial charge in [-0.3, -0.25) is 9.59 Å². The molecule has 0 N–H and O–H groups in total. The van der Waals surface area contributed by atoms with Crippen molar-refractivity contribution in [2.75, 3.05) is 0 Å². The molecule has 1 aliphatic rings. The quantitative estimate of drug-likeness (QED) is 0.585. The maximum atomic E-state index is 12.9. The topological polar surface area (TPSA) is 60.2 Å². The van der Waals surface area contributed by atoms with Gasteiger partial charge in [0.2, 0.25) is 11.1 Å². The van der Waals surface area contributed by atoms with Crippen LogP contribution < -0.4 is 5.43 Å². The van der Waals surface area contributed by atoms with Crippen LogP contribution in [0.3, 0.4) is 0 Å². The number of rotatable bonds is 0. The van der Waals surface area contributed by atoms with E-state index in [4.69, 9.17) is 4.42 Å². The Hall–Kier alpha value is -2.49. The van der Waals surface area contributed by atoms with Crippen molar-refractivity contribution in [2.45, 2.75) is 40.5 Å². The largest absolute Gasteiger partial charge is 0.437 e. The second kappa shape index (κ2) is 4.76. The standard InChI is InChI=1S/C20H19NO3/c1-10-5-11(2)17-16(6-10)24-19-13(18(17)23)7-12-14(21-19)8-20(3,4)9-15(12)22/h5-7H,8-9H2,1-4H3. The van der Waals surface area contributed by atoms with Crippen LogP contribution >= 0.6 is 0 Å². The monoisotopic (exact) mass is 321 g/mol. The summed E-state index contributed by atoms with van der Waals surface area (Å²) in [6.45, 7) is 7.99. The van der Waals surface area contributed by atoms with Crippen LogP contribution in [0, 0.1) is 19.3 Å². The lowest BCUT2D eigenvalue weighted by Crippen LogP contribution is -2.28. The molecule has 2 heterocycles. The summed E-state index contributed by atoms with van der Waals surface area (Å²) in [5, 5.41) is 0.958. The minimum atomic E-state index is -0.116. The van der Waals surface area contributed by atoms with Crippen molar-refractivity contribution in [3.05, 3.63) is 50.8 Å². The van der Waals surface area contributed by atoms with E-state index in [0.29, 0.717) is 40.5 Å². The molecule has 4 heteroatoms. The number of aryl methyl sites for hydroxylation is 2. The van der Waals surface area contributed by atoms with Crippen molar-refractivity contribution in [3.8, 4) is 0 Å². The summed E-state index contributed by atoms with van der Waals surface area (Å²) < 4.78 is 5.94. The highest BCUT2D eigenvalue weighted by Gasteiger charge is 2.32. The number of hydrogen-bond donors (Lipinski definition) is 0. The molecule has 0 aliphatic heterocycles. The van der Waals surface area contributed by atoms with Crippen LogP contribution in [-0.2, 0) is 6.42 Å². The summed E-state index contributed by atoms with van der Waals surface area (Å²) in [5.41, 5.74) is 3.86. The maximum Gasteiger partial charge on any atom is 0.230 e. The lowest BCUT2D eigenvalue weighted by molar-refractivity contribution is 0.0910. The molecule has 0 bridgehead atoms. The third-order valence-electron chi connectivity index (χ3n) is 4.77. The molecule has 0 atom stereocenters. The fraction of sp³-hybridized carbons (Fsp3) is 0.350. The van der Waals surface area contributed by atoms with Gasteiger partial charge in [-0.1, -0.05) is 19.9 Å². The number of carbonyl (C=O) groups is 1. The highest BCUT2D eigenvalue weighted by Crippen LogP contribution is 2.35. The maximum absolute atomic E-state index is 12.9. The smallest absolute Gasteiger partial charge is 0.230 e. The molecular weight excluding hydrogens is 302 g/mol. The van der Waals surface area contributed by atoms with Gasteiger partial charge in [-0.25, -0.2) is 4.98 Å². The lowest BCUT2D eigenvalue weighted by atomic mass is 9.75. The van der Waals surface area contributed by atoms with Gasteiger partial charge in [0.1, 0.15) is 5.58 Å². The molecular formula is C20H19NO3. The number of nitrogens with zero attached hydrogens (tertiary/aromatic N) is 1. The Labute approximate surface area is 139 Å². The predicted molar refractivity (Wildman–Crippen MR) is 93.7 cm³/mol. The molecule has 0 spiro atoms. The van der Waals surface area contributed by atoms with Gasteiger partial charge in [-0.15, -0.1) is 0 Å². The average molecular weight is 321 g/mol. The number of Topliss-reactive ketones (excluding diaryl/α,β-unsaturated/α-hetero) is 1. The predicted octanol–water partition coefficient (Wildman–Crippen LogP) is 4.11. The third-order valence-corrected chi connectivity index (χ3v) is 4.77. The first-order valence-corrected chi connectivity index (χ1v) is 8.16. The normalized spacial score (nSPS) is 16.6. The van der Waals surface area contributed by atoms with Gasteiger partial charge in [-0.2, -0.15) is 0 Å². The number of aromatic nitrogens is 1. The second-order valence-electron chi connectivity index (χ2n) is 7.66. The first kappa shape index (κ1) is 15.1. The van der Waals surface area contributed by atoms with Gasteiger partial charge in [0, 0.05) is 12.0 Å². The van der Waals surface area contributed by atoms with Crippen molar-refractivity contribution >= 4 is 27.9 Å². The molecule has 0 radical (unpaired) electrons.